The number of sulfone groups is 1. The molecule has 29 heavy (non-hydrogen) atoms. The summed E-state index contributed by atoms with van der Waals surface area (Å²) in [4.78, 5) is 12.5. The first-order chi connectivity index (χ1) is 13.8. The standard InChI is InChI=1S/C22H28FNO4S/c1-3-4-5-14-29(26,27)16-22(25)24-21(15-17-6-10-19(23)11-7-17)18-8-12-20(28-2)13-9-18/h6-13,21H,3-5,14-16H2,1-2H3,(H,24,25). The molecule has 0 saturated carbocycles. The van der Waals surface area contributed by atoms with Crippen molar-refractivity contribution in [1.29, 1.82) is 0 Å². The maximum atomic E-state index is 13.2. The molecule has 0 fully saturated rings. The smallest absolute Gasteiger partial charge is 0.235 e. The zero-order valence-electron chi connectivity index (χ0n) is 16.9. The van der Waals surface area contributed by atoms with Crippen LogP contribution in [0.3, 0.4) is 0 Å². The second-order valence-electron chi connectivity index (χ2n) is 7.02. The van der Waals surface area contributed by atoms with Crippen LogP contribution >= 0.6 is 0 Å². The highest BCUT2D eigenvalue weighted by Crippen LogP contribution is 2.22. The lowest BCUT2D eigenvalue weighted by Gasteiger charge is -2.20. The Labute approximate surface area is 172 Å². The molecule has 2 aromatic rings. The Morgan fingerprint density at radius 3 is 2.31 bits per heavy atom. The summed E-state index contributed by atoms with van der Waals surface area (Å²) < 4.78 is 42.8. The van der Waals surface area contributed by atoms with E-state index in [1.165, 1.54) is 12.1 Å². The van der Waals surface area contributed by atoms with Gasteiger partial charge in [0.15, 0.2) is 9.84 Å². The van der Waals surface area contributed by atoms with E-state index in [9.17, 15) is 17.6 Å². The second-order valence-corrected chi connectivity index (χ2v) is 9.21. The van der Waals surface area contributed by atoms with E-state index in [2.05, 4.69) is 5.32 Å². The normalized spacial score (nSPS) is 12.4. The third-order valence-corrected chi connectivity index (χ3v) is 6.23. The van der Waals surface area contributed by atoms with Gasteiger partial charge in [0.25, 0.3) is 0 Å². The number of hydrogen-bond donors (Lipinski definition) is 1. The van der Waals surface area contributed by atoms with Gasteiger partial charge in [-0.05, 0) is 48.2 Å². The molecule has 2 aromatic carbocycles. The fourth-order valence-electron chi connectivity index (χ4n) is 3.02. The number of carbonyl (C=O) groups excluding carboxylic acids is 1. The van der Waals surface area contributed by atoms with Gasteiger partial charge in [0, 0.05) is 0 Å². The first-order valence-corrected chi connectivity index (χ1v) is 11.5. The summed E-state index contributed by atoms with van der Waals surface area (Å²) in [5.74, 6) is -0.716. The van der Waals surface area contributed by atoms with Gasteiger partial charge in [-0.3, -0.25) is 4.79 Å². The summed E-state index contributed by atoms with van der Waals surface area (Å²) in [6, 6.07) is 12.8. The number of hydrogen-bond acceptors (Lipinski definition) is 4. The van der Waals surface area contributed by atoms with E-state index < -0.39 is 27.5 Å². The number of unbranched alkanes of at least 4 members (excludes halogenated alkanes) is 2. The second kappa shape index (κ2) is 11.0. The molecule has 1 unspecified atom stereocenters. The lowest BCUT2D eigenvalue weighted by Crippen LogP contribution is -2.35. The van der Waals surface area contributed by atoms with E-state index in [1.54, 1.807) is 31.4 Å². The topological polar surface area (TPSA) is 72.5 Å². The van der Waals surface area contributed by atoms with Crippen molar-refractivity contribution < 1.29 is 22.3 Å². The molecular weight excluding hydrogens is 393 g/mol. The number of methoxy groups -OCH3 is 1. The Balaban J connectivity index is 2.13. The maximum absolute atomic E-state index is 13.2. The molecule has 1 N–H and O–H groups in total. The van der Waals surface area contributed by atoms with Gasteiger partial charge >= 0.3 is 0 Å². The molecule has 0 aromatic heterocycles. The van der Waals surface area contributed by atoms with Crippen molar-refractivity contribution in [3.63, 3.8) is 0 Å². The van der Waals surface area contributed by atoms with Crippen molar-refractivity contribution >= 4 is 15.7 Å². The molecule has 1 amide bonds. The molecule has 2 rings (SSSR count). The van der Waals surface area contributed by atoms with E-state index in [4.69, 9.17) is 4.74 Å². The summed E-state index contributed by atoms with van der Waals surface area (Å²) in [5.41, 5.74) is 1.64. The predicted octanol–water partition coefficient (Wildman–Crippen LogP) is 3.84. The van der Waals surface area contributed by atoms with Crippen molar-refractivity contribution in [1.82, 2.24) is 5.32 Å². The minimum absolute atomic E-state index is 0.0133. The van der Waals surface area contributed by atoms with Crippen LogP contribution in [0.2, 0.25) is 0 Å². The number of carbonyl (C=O) groups is 1. The highest BCUT2D eigenvalue weighted by molar-refractivity contribution is 7.92. The SMILES string of the molecule is CCCCCS(=O)(=O)CC(=O)NC(Cc1ccc(F)cc1)c1ccc(OC)cc1. The van der Waals surface area contributed by atoms with Crippen molar-refractivity contribution in [3.8, 4) is 5.75 Å². The Morgan fingerprint density at radius 2 is 1.72 bits per heavy atom. The molecule has 0 bridgehead atoms. The van der Waals surface area contributed by atoms with Crippen molar-refractivity contribution in [2.45, 2.75) is 38.6 Å². The van der Waals surface area contributed by atoms with Crippen LogP contribution in [0, 0.1) is 5.82 Å². The zero-order chi connectivity index (χ0) is 21.3. The molecular formula is C22H28FNO4S. The van der Waals surface area contributed by atoms with Crippen LogP contribution in [0.1, 0.15) is 43.4 Å². The average Bonchev–Trinajstić information content (AvgIpc) is 2.69. The third kappa shape index (κ3) is 7.85. The molecule has 0 saturated heterocycles. The largest absolute Gasteiger partial charge is 0.497 e. The van der Waals surface area contributed by atoms with Gasteiger partial charge in [-0.15, -0.1) is 0 Å². The van der Waals surface area contributed by atoms with Crippen molar-refractivity contribution in [3.05, 3.63) is 65.5 Å². The highest BCUT2D eigenvalue weighted by Gasteiger charge is 2.21. The molecule has 0 heterocycles. The lowest BCUT2D eigenvalue weighted by atomic mass is 9.98. The van der Waals surface area contributed by atoms with E-state index >= 15 is 0 Å². The Bertz CT molecular complexity index is 880. The van der Waals surface area contributed by atoms with Crippen LogP contribution in [-0.4, -0.2) is 32.9 Å². The fraction of sp³-hybridized carbons (Fsp3) is 0.409. The Hall–Kier alpha value is -2.41. The van der Waals surface area contributed by atoms with Gasteiger partial charge in [-0.25, -0.2) is 12.8 Å². The molecule has 1 atom stereocenters. The Morgan fingerprint density at radius 1 is 1.07 bits per heavy atom. The molecule has 0 aliphatic carbocycles. The number of rotatable bonds is 11. The van der Waals surface area contributed by atoms with Crippen molar-refractivity contribution in [2.75, 3.05) is 18.6 Å². The fourth-order valence-corrected chi connectivity index (χ4v) is 4.30. The number of ether oxygens (including phenoxy) is 1. The van der Waals surface area contributed by atoms with E-state index in [1.807, 2.05) is 19.1 Å². The number of nitrogens with one attached hydrogen (secondary N) is 1. The number of benzene rings is 2. The Kier molecular flexibility index (Phi) is 8.64. The predicted molar refractivity (Wildman–Crippen MR) is 112 cm³/mol. The summed E-state index contributed by atoms with van der Waals surface area (Å²) in [7, 11) is -1.89. The minimum atomic E-state index is -3.45. The van der Waals surface area contributed by atoms with E-state index in [0.29, 0.717) is 18.6 Å². The summed E-state index contributed by atoms with van der Waals surface area (Å²) >= 11 is 0. The summed E-state index contributed by atoms with van der Waals surface area (Å²) in [6.45, 7) is 1.99. The number of amides is 1. The van der Waals surface area contributed by atoms with E-state index in [-0.39, 0.29) is 11.6 Å². The first kappa shape index (κ1) is 22.9. The van der Waals surface area contributed by atoms with Crippen LogP contribution in [0.4, 0.5) is 4.39 Å². The monoisotopic (exact) mass is 421 g/mol. The first-order valence-electron chi connectivity index (χ1n) is 9.71. The van der Waals surface area contributed by atoms with Crippen LogP contribution in [0.15, 0.2) is 48.5 Å². The van der Waals surface area contributed by atoms with Gasteiger partial charge in [-0.2, -0.15) is 0 Å². The van der Waals surface area contributed by atoms with Gasteiger partial charge in [-0.1, -0.05) is 44.0 Å². The third-order valence-electron chi connectivity index (χ3n) is 4.62. The molecule has 0 aliphatic rings. The number of halogens is 1. The molecule has 0 radical (unpaired) electrons. The van der Waals surface area contributed by atoms with Gasteiger partial charge in [0.2, 0.25) is 5.91 Å². The highest BCUT2D eigenvalue weighted by atomic mass is 32.2. The summed E-state index contributed by atoms with van der Waals surface area (Å²) in [5, 5.41) is 2.83. The van der Waals surface area contributed by atoms with Gasteiger partial charge < -0.3 is 10.1 Å². The van der Waals surface area contributed by atoms with Crippen LogP contribution in [-0.2, 0) is 21.1 Å². The minimum Gasteiger partial charge on any atom is -0.497 e. The quantitative estimate of drug-likeness (QED) is 0.560. The zero-order valence-corrected chi connectivity index (χ0v) is 17.7. The molecule has 0 spiro atoms. The molecule has 0 aliphatic heterocycles. The van der Waals surface area contributed by atoms with E-state index in [0.717, 1.165) is 24.0 Å². The molecule has 158 valence electrons. The van der Waals surface area contributed by atoms with Crippen molar-refractivity contribution in [2.24, 2.45) is 0 Å². The van der Waals surface area contributed by atoms with Crippen LogP contribution < -0.4 is 10.1 Å². The van der Waals surface area contributed by atoms with Crippen LogP contribution in [0.25, 0.3) is 0 Å². The molecule has 5 nitrogen and oxygen atoms in total. The van der Waals surface area contributed by atoms with Gasteiger partial charge in [0.1, 0.15) is 17.3 Å². The molecule has 7 heteroatoms. The van der Waals surface area contributed by atoms with Crippen LogP contribution in [0.5, 0.6) is 5.75 Å². The maximum Gasteiger partial charge on any atom is 0.235 e. The average molecular weight is 422 g/mol. The lowest BCUT2D eigenvalue weighted by molar-refractivity contribution is -0.119. The van der Waals surface area contributed by atoms with Gasteiger partial charge in [0.05, 0.1) is 18.9 Å². The summed E-state index contributed by atoms with van der Waals surface area (Å²) in [6.07, 6.45) is 2.71.